The Morgan fingerprint density at radius 1 is 1.26 bits per heavy atom. The van der Waals surface area contributed by atoms with E-state index >= 15 is 0 Å². The SMILES string of the molecule is CC(C)(C)NC(=O)c1cn(Cc2ccccc2)nn1. The summed E-state index contributed by atoms with van der Waals surface area (Å²) < 4.78 is 1.66. The van der Waals surface area contributed by atoms with E-state index < -0.39 is 0 Å². The molecule has 1 aromatic carbocycles. The Kier molecular flexibility index (Phi) is 3.64. The van der Waals surface area contributed by atoms with Crippen molar-refractivity contribution in [3.8, 4) is 0 Å². The molecule has 0 fully saturated rings. The predicted molar refractivity (Wildman–Crippen MR) is 72.8 cm³/mol. The van der Waals surface area contributed by atoms with E-state index in [0.717, 1.165) is 5.56 Å². The van der Waals surface area contributed by atoms with Gasteiger partial charge in [-0.1, -0.05) is 35.5 Å². The van der Waals surface area contributed by atoms with E-state index in [2.05, 4.69) is 15.6 Å². The number of aromatic nitrogens is 3. The van der Waals surface area contributed by atoms with Crippen LogP contribution < -0.4 is 5.32 Å². The van der Waals surface area contributed by atoms with Crippen molar-refractivity contribution in [3.63, 3.8) is 0 Å². The smallest absolute Gasteiger partial charge is 0.273 e. The van der Waals surface area contributed by atoms with Crippen LogP contribution in [-0.4, -0.2) is 26.4 Å². The first-order valence-corrected chi connectivity index (χ1v) is 6.21. The number of hydrogen-bond donors (Lipinski definition) is 1. The number of benzene rings is 1. The van der Waals surface area contributed by atoms with E-state index in [9.17, 15) is 4.79 Å². The average Bonchev–Trinajstić information content (AvgIpc) is 2.77. The third-order valence-corrected chi connectivity index (χ3v) is 2.45. The van der Waals surface area contributed by atoms with Crippen LogP contribution in [0.25, 0.3) is 0 Å². The molecule has 0 saturated heterocycles. The first-order chi connectivity index (χ1) is 8.94. The van der Waals surface area contributed by atoms with Crippen molar-refractivity contribution in [1.82, 2.24) is 20.3 Å². The lowest BCUT2D eigenvalue weighted by Crippen LogP contribution is -2.40. The van der Waals surface area contributed by atoms with Crippen LogP contribution in [-0.2, 0) is 6.54 Å². The minimum atomic E-state index is -0.277. The topological polar surface area (TPSA) is 59.8 Å². The fourth-order valence-electron chi connectivity index (χ4n) is 1.65. The molecule has 0 atom stereocenters. The van der Waals surface area contributed by atoms with Crippen LogP contribution in [0.3, 0.4) is 0 Å². The molecule has 2 aromatic rings. The van der Waals surface area contributed by atoms with Gasteiger partial charge in [-0.05, 0) is 26.3 Å². The van der Waals surface area contributed by atoms with Crippen molar-refractivity contribution < 1.29 is 4.79 Å². The minimum absolute atomic E-state index is 0.202. The molecule has 0 saturated carbocycles. The van der Waals surface area contributed by atoms with Gasteiger partial charge in [-0.15, -0.1) is 5.10 Å². The second-order valence-corrected chi connectivity index (χ2v) is 5.49. The van der Waals surface area contributed by atoms with Crippen molar-refractivity contribution in [2.24, 2.45) is 0 Å². The first-order valence-electron chi connectivity index (χ1n) is 6.21. The Balaban J connectivity index is 2.05. The molecule has 1 aromatic heterocycles. The second kappa shape index (κ2) is 5.22. The zero-order valence-corrected chi connectivity index (χ0v) is 11.4. The van der Waals surface area contributed by atoms with Crippen molar-refractivity contribution in [1.29, 1.82) is 0 Å². The molecule has 19 heavy (non-hydrogen) atoms. The highest BCUT2D eigenvalue weighted by Gasteiger charge is 2.17. The van der Waals surface area contributed by atoms with Gasteiger partial charge in [0.05, 0.1) is 12.7 Å². The van der Waals surface area contributed by atoms with E-state index in [1.165, 1.54) is 0 Å². The monoisotopic (exact) mass is 258 g/mol. The molecule has 1 N–H and O–H groups in total. The summed E-state index contributed by atoms with van der Waals surface area (Å²) in [5.74, 6) is -0.202. The van der Waals surface area contributed by atoms with Gasteiger partial charge < -0.3 is 5.32 Å². The van der Waals surface area contributed by atoms with Crippen LogP contribution in [0.15, 0.2) is 36.5 Å². The number of carbonyl (C=O) groups is 1. The number of rotatable bonds is 3. The largest absolute Gasteiger partial charge is 0.346 e. The maximum Gasteiger partial charge on any atom is 0.273 e. The summed E-state index contributed by atoms with van der Waals surface area (Å²) in [6.45, 7) is 6.40. The molecule has 2 rings (SSSR count). The molecule has 1 amide bonds. The summed E-state index contributed by atoms with van der Waals surface area (Å²) in [5.41, 5.74) is 1.18. The fraction of sp³-hybridized carbons (Fsp3) is 0.357. The van der Waals surface area contributed by atoms with Gasteiger partial charge in [-0.25, -0.2) is 4.68 Å². The van der Waals surface area contributed by atoms with Crippen LogP contribution in [0.4, 0.5) is 0 Å². The molecule has 0 bridgehead atoms. The fourth-order valence-corrected chi connectivity index (χ4v) is 1.65. The summed E-state index contributed by atoms with van der Waals surface area (Å²) in [5, 5.41) is 10.7. The molecular formula is C14H18N4O. The normalized spacial score (nSPS) is 11.3. The second-order valence-electron chi connectivity index (χ2n) is 5.49. The Hall–Kier alpha value is -2.17. The number of nitrogens with zero attached hydrogens (tertiary/aromatic N) is 3. The summed E-state index contributed by atoms with van der Waals surface area (Å²) in [6.07, 6.45) is 1.66. The summed E-state index contributed by atoms with van der Waals surface area (Å²) in [4.78, 5) is 11.9. The number of carbonyl (C=O) groups excluding carboxylic acids is 1. The van der Waals surface area contributed by atoms with Gasteiger partial charge in [0, 0.05) is 5.54 Å². The first kappa shape index (κ1) is 13.3. The molecule has 1 heterocycles. The van der Waals surface area contributed by atoms with Crippen LogP contribution in [0.2, 0.25) is 0 Å². The molecule has 0 unspecified atom stereocenters. The molecule has 0 radical (unpaired) electrons. The molecule has 5 heteroatoms. The Morgan fingerprint density at radius 2 is 1.95 bits per heavy atom. The van der Waals surface area contributed by atoms with E-state index in [-0.39, 0.29) is 11.4 Å². The summed E-state index contributed by atoms with van der Waals surface area (Å²) in [7, 11) is 0. The van der Waals surface area contributed by atoms with E-state index in [1.807, 2.05) is 51.1 Å². The van der Waals surface area contributed by atoms with Gasteiger partial charge in [0.25, 0.3) is 5.91 Å². The van der Waals surface area contributed by atoms with Gasteiger partial charge in [0.15, 0.2) is 5.69 Å². The summed E-state index contributed by atoms with van der Waals surface area (Å²) >= 11 is 0. The van der Waals surface area contributed by atoms with E-state index in [4.69, 9.17) is 0 Å². The van der Waals surface area contributed by atoms with Crippen LogP contribution in [0.1, 0.15) is 36.8 Å². The van der Waals surface area contributed by atoms with Crippen molar-refractivity contribution in [3.05, 3.63) is 47.8 Å². The van der Waals surface area contributed by atoms with Crippen molar-refractivity contribution >= 4 is 5.91 Å². The maximum absolute atomic E-state index is 11.9. The molecule has 0 spiro atoms. The van der Waals surface area contributed by atoms with Crippen molar-refractivity contribution in [2.75, 3.05) is 0 Å². The highest BCUT2D eigenvalue weighted by atomic mass is 16.2. The van der Waals surface area contributed by atoms with Gasteiger partial charge in [0.1, 0.15) is 0 Å². The molecule has 5 nitrogen and oxygen atoms in total. The Labute approximate surface area is 112 Å². The molecule has 0 aliphatic heterocycles. The maximum atomic E-state index is 11.9. The quantitative estimate of drug-likeness (QED) is 0.914. The van der Waals surface area contributed by atoms with Gasteiger partial charge >= 0.3 is 0 Å². The van der Waals surface area contributed by atoms with E-state index in [1.54, 1.807) is 10.9 Å². The van der Waals surface area contributed by atoms with Gasteiger partial charge in [-0.2, -0.15) is 0 Å². The number of amides is 1. The highest BCUT2D eigenvalue weighted by molar-refractivity contribution is 5.92. The lowest BCUT2D eigenvalue weighted by atomic mass is 10.1. The molecule has 0 aliphatic rings. The Morgan fingerprint density at radius 3 is 2.58 bits per heavy atom. The molecule has 0 aliphatic carbocycles. The standard InChI is InChI=1S/C14H18N4O/c1-14(2,3)15-13(19)12-10-18(17-16-12)9-11-7-5-4-6-8-11/h4-8,10H,9H2,1-3H3,(H,15,19). The lowest BCUT2D eigenvalue weighted by molar-refractivity contribution is 0.0914. The Bertz CT molecular complexity index is 554. The highest BCUT2D eigenvalue weighted by Crippen LogP contribution is 2.04. The van der Waals surface area contributed by atoms with Crippen LogP contribution in [0, 0.1) is 0 Å². The minimum Gasteiger partial charge on any atom is -0.346 e. The predicted octanol–water partition coefficient (Wildman–Crippen LogP) is 1.85. The van der Waals surface area contributed by atoms with Crippen LogP contribution >= 0.6 is 0 Å². The van der Waals surface area contributed by atoms with Gasteiger partial charge in [0.2, 0.25) is 0 Å². The third-order valence-electron chi connectivity index (χ3n) is 2.45. The zero-order chi connectivity index (χ0) is 13.9. The van der Waals surface area contributed by atoms with Crippen molar-refractivity contribution in [2.45, 2.75) is 32.9 Å². The summed E-state index contributed by atoms with van der Waals surface area (Å²) in [6, 6.07) is 9.93. The third kappa shape index (κ3) is 3.91. The number of nitrogens with one attached hydrogen (secondary N) is 1. The lowest BCUT2D eigenvalue weighted by Gasteiger charge is -2.19. The molecule has 100 valence electrons. The molecular weight excluding hydrogens is 240 g/mol. The zero-order valence-electron chi connectivity index (χ0n) is 11.4. The average molecular weight is 258 g/mol. The van der Waals surface area contributed by atoms with Gasteiger partial charge in [-0.3, -0.25) is 4.79 Å². The van der Waals surface area contributed by atoms with E-state index in [0.29, 0.717) is 12.2 Å². The van der Waals surface area contributed by atoms with Crippen LogP contribution in [0.5, 0.6) is 0 Å². The number of hydrogen-bond acceptors (Lipinski definition) is 3.